The van der Waals surface area contributed by atoms with Crippen molar-refractivity contribution in [1.82, 2.24) is 5.32 Å². The molecule has 2 aromatic carbocycles. The summed E-state index contributed by atoms with van der Waals surface area (Å²) < 4.78 is 16.2. The van der Waals surface area contributed by atoms with E-state index in [1.54, 1.807) is 19.4 Å². The van der Waals surface area contributed by atoms with Crippen molar-refractivity contribution >= 4 is 11.6 Å². The number of carbonyl (C=O) groups excluding carboxylic acids is 1. The van der Waals surface area contributed by atoms with Crippen LogP contribution in [0, 0.1) is 0 Å². The lowest BCUT2D eigenvalue weighted by Crippen LogP contribution is -2.30. The first kappa shape index (κ1) is 21.0. The maximum absolute atomic E-state index is 12.8. The molecule has 6 nitrogen and oxygen atoms in total. The molecule has 1 atom stereocenters. The monoisotopic (exact) mass is 420 g/mol. The number of anilines is 1. The molecule has 4 rings (SSSR count). The maximum atomic E-state index is 12.8. The average Bonchev–Trinajstić information content (AvgIpc) is 3.38. The number of rotatable bonds is 9. The molecule has 6 heteroatoms. The Labute approximate surface area is 182 Å². The summed E-state index contributed by atoms with van der Waals surface area (Å²) in [5.41, 5.74) is 4.13. The van der Waals surface area contributed by atoms with E-state index in [0.717, 1.165) is 17.7 Å². The van der Waals surface area contributed by atoms with E-state index in [-0.39, 0.29) is 5.91 Å². The highest BCUT2D eigenvalue weighted by Crippen LogP contribution is 2.33. The summed E-state index contributed by atoms with van der Waals surface area (Å²) in [4.78, 5) is 15.1. The number of nitrogens with one attached hydrogen (secondary N) is 1. The predicted molar refractivity (Wildman–Crippen MR) is 119 cm³/mol. The number of fused-ring (bicyclic) bond motifs is 1. The van der Waals surface area contributed by atoms with Crippen molar-refractivity contribution < 1.29 is 18.7 Å². The third-order valence-electron chi connectivity index (χ3n) is 5.59. The summed E-state index contributed by atoms with van der Waals surface area (Å²) in [5, 5.41) is 2.99. The number of hydrogen-bond acceptors (Lipinski definition) is 5. The number of furan rings is 1. The fourth-order valence-corrected chi connectivity index (χ4v) is 3.91. The molecule has 1 aliphatic rings. The zero-order chi connectivity index (χ0) is 21.6. The van der Waals surface area contributed by atoms with E-state index in [1.165, 1.54) is 11.3 Å². The third-order valence-corrected chi connectivity index (χ3v) is 5.59. The van der Waals surface area contributed by atoms with Crippen LogP contribution < -0.4 is 15.0 Å². The van der Waals surface area contributed by atoms with Gasteiger partial charge in [0.25, 0.3) is 5.91 Å². The number of carbonyl (C=O) groups is 1. The number of benzene rings is 2. The third kappa shape index (κ3) is 4.91. The van der Waals surface area contributed by atoms with Crippen molar-refractivity contribution in [2.45, 2.75) is 32.5 Å². The van der Waals surface area contributed by atoms with Crippen molar-refractivity contribution in [2.24, 2.45) is 0 Å². The van der Waals surface area contributed by atoms with Gasteiger partial charge in [0, 0.05) is 25.4 Å². The molecule has 1 aromatic heterocycles. The van der Waals surface area contributed by atoms with E-state index in [2.05, 4.69) is 35.3 Å². The van der Waals surface area contributed by atoms with Crippen LogP contribution in [0.3, 0.4) is 0 Å². The molecular weight excluding hydrogens is 392 g/mol. The van der Waals surface area contributed by atoms with Gasteiger partial charge in [0.05, 0.1) is 25.0 Å². The Kier molecular flexibility index (Phi) is 6.57. The van der Waals surface area contributed by atoms with E-state index >= 15 is 0 Å². The Bertz CT molecular complexity index is 1010. The molecule has 1 aliphatic heterocycles. The summed E-state index contributed by atoms with van der Waals surface area (Å²) in [6.07, 6.45) is 2.59. The Morgan fingerprint density at radius 1 is 1.13 bits per heavy atom. The summed E-state index contributed by atoms with van der Waals surface area (Å²) >= 11 is 0. The van der Waals surface area contributed by atoms with Crippen molar-refractivity contribution in [2.75, 3.05) is 25.2 Å². The quantitative estimate of drug-likeness (QED) is 0.526. The summed E-state index contributed by atoms with van der Waals surface area (Å²) in [6.45, 7) is 4.26. The zero-order valence-corrected chi connectivity index (χ0v) is 18.0. The Morgan fingerprint density at radius 2 is 1.94 bits per heavy atom. The average molecular weight is 421 g/mol. The second kappa shape index (κ2) is 9.71. The van der Waals surface area contributed by atoms with Crippen LogP contribution in [0.4, 0.5) is 5.69 Å². The van der Waals surface area contributed by atoms with Gasteiger partial charge in [-0.25, -0.2) is 0 Å². The number of ether oxygens (including phenoxy) is 2. The Hall–Kier alpha value is -3.25. The van der Waals surface area contributed by atoms with Crippen LogP contribution in [0.2, 0.25) is 0 Å². The van der Waals surface area contributed by atoms with Gasteiger partial charge in [-0.2, -0.15) is 0 Å². The lowest BCUT2D eigenvalue weighted by molar-refractivity contribution is 0.0949. The van der Waals surface area contributed by atoms with E-state index in [9.17, 15) is 4.79 Å². The predicted octanol–water partition coefficient (Wildman–Crippen LogP) is 4.19. The molecule has 0 saturated carbocycles. The number of para-hydroxylation sites is 1. The molecule has 1 amide bonds. The van der Waals surface area contributed by atoms with Crippen LogP contribution in [0.15, 0.2) is 65.3 Å². The number of amides is 1. The second-order valence-electron chi connectivity index (χ2n) is 7.74. The molecule has 0 radical (unpaired) electrons. The minimum absolute atomic E-state index is 0.135. The van der Waals surface area contributed by atoms with E-state index < -0.39 is 0 Å². The van der Waals surface area contributed by atoms with Crippen LogP contribution in [0.1, 0.15) is 34.2 Å². The lowest BCUT2D eigenvalue weighted by atomic mass is 10.1. The second-order valence-corrected chi connectivity index (χ2v) is 7.74. The lowest BCUT2D eigenvalue weighted by Gasteiger charge is -2.24. The van der Waals surface area contributed by atoms with Crippen molar-refractivity contribution in [3.05, 3.63) is 83.3 Å². The topological polar surface area (TPSA) is 63.9 Å². The molecule has 2 heterocycles. The largest absolute Gasteiger partial charge is 0.491 e. The van der Waals surface area contributed by atoms with E-state index in [1.807, 2.05) is 30.3 Å². The highest BCUT2D eigenvalue weighted by molar-refractivity contribution is 5.95. The van der Waals surface area contributed by atoms with Gasteiger partial charge in [0.1, 0.15) is 18.1 Å². The molecule has 0 bridgehead atoms. The molecule has 1 unspecified atom stereocenters. The van der Waals surface area contributed by atoms with Crippen molar-refractivity contribution in [3.63, 3.8) is 0 Å². The van der Waals surface area contributed by atoms with Gasteiger partial charge < -0.3 is 24.1 Å². The smallest absolute Gasteiger partial charge is 0.255 e. The first-order chi connectivity index (χ1) is 15.2. The number of nitrogens with zero attached hydrogens (tertiary/aromatic N) is 1. The minimum atomic E-state index is -0.135. The van der Waals surface area contributed by atoms with Crippen LogP contribution in [0.25, 0.3) is 0 Å². The summed E-state index contributed by atoms with van der Waals surface area (Å²) in [7, 11) is 1.64. The molecular formula is C25H28N2O4. The van der Waals surface area contributed by atoms with Crippen LogP contribution in [0.5, 0.6) is 5.75 Å². The fourth-order valence-electron chi connectivity index (χ4n) is 3.91. The first-order valence-corrected chi connectivity index (χ1v) is 10.6. The Balaban J connectivity index is 1.36. The van der Waals surface area contributed by atoms with Gasteiger partial charge >= 0.3 is 0 Å². The normalized spacial score (nSPS) is 15.0. The Morgan fingerprint density at radius 3 is 2.74 bits per heavy atom. The van der Waals surface area contributed by atoms with E-state index in [0.29, 0.717) is 43.7 Å². The van der Waals surface area contributed by atoms with Gasteiger partial charge in [0.15, 0.2) is 0 Å². The molecule has 3 aromatic rings. The molecule has 1 N–H and O–H groups in total. The van der Waals surface area contributed by atoms with Gasteiger partial charge in [-0.3, -0.25) is 4.79 Å². The molecule has 0 aliphatic carbocycles. The molecule has 0 fully saturated rings. The SMILES string of the molecule is COCCOc1ccc(CNC(=O)c2ccoc2CN2c3ccccc3CC2C)cc1. The summed E-state index contributed by atoms with van der Waals surface area (Å²) in [5.74, 6) is 1.33. The van der Waals surface area contributed by atoms with Crippen LogP contribution >= 0.6 is 0 Å². The number of hydrogen-bond donors (Lipinski definition) is 1. The minimum Gasteiger partial charge on any atom is -0.491 e. The maximum Gasteiger partial charge on any atom is 0.255 e. The molecule has 31 heavy (non-hydrogen) atoms. The first-order valence-electron chi connectivity index (χ1n) is 10.6. The highest BCUT2D eigenvalue weighted by atomic mass is 16.5. The molecule has 162 valence electrons. The highest BCUT2D eigenvalue weighted by Gasteiger charge is 2.27. The zero-order valence-electron chi connectivity index (χ0n) is 18.0. The van der Waals surface area contributed by atoms with Gasteiger partial charge in [-0.05, 0) is 48.7 Å². The van der Waals surface area contributed by atoms with Gasteiger partial charge in [-0.15, -0.1) is 0 Å². The van der Waals surface area contributed by atoms with Crippen LogP contribution in [-0.4, -0.2) is 32.3 Å². The number of methoxy groups -OCH3 is 1. The van der Waals surface area contributed by atoms with Crippen LogP contribution in [-0.2, 0) is 24.2 Å². The molecule has 0 spiro atoms. The standard InChI is InChI=1S/C25H28N2O4/c1-18-15-20-5-3-4-6-23(20)27(18)17-24-22(11-12-31-24)25(28)26-16-19-7-9-21(10-8-19)30-14-13-29-2/h3-12,18H,13-17H2,1-2H3,(H,26,28). The van der Waals surface area contributed by atoms with Crippen molar-refractivity contribution in [1.29, 1.82) is 0 Å². The van der Waals surface area contributed by atoms with E-state index in [4.69, 9.17) is 13.9 Å². The van der Waals surface area contributed by atoms with Crippen molar-refractivity contribution in [3.8, 4) is 5.75 Å². The fraction of sp³-hybridized carbons (Fsp3) is 0.320. The van der Waals surface area contributed by atoms with Gasteiger partial charge in [-0.1, -0.05) is 30.3 Å². The summed E-state index contributed by atoms with van der Waals surface area (Å²) in [6, 6.07) is 18.2. The molecule has 0 saturated heterocycles. The van der Waals surface area contributed by atoms with Gasteiger partial charge in [0.2, 0.25) is 0 Å².